The Balaban J connectivity index is 2.67. The first-order valence-electron chi connectivity index (χ1n) is 6.45. The number of hydrogen-bond donors (Lipinski definition) is 2. The van der Waals surface area contributed by atoms with Crippen molar-refractivity contribution in [2.24, 2.45) is 17.9 Å². The zero-order valence-corrected chi connectivity index (χ0v) is 13.1. The van der Waals surface area contributed by atoms with Gasteiger partial charge in [0.15, 0.2) is 5.69 Å². The number of rotatable bonds is 4. The van der Waals surface area contributed by atoms with Crippen molar-refractivity contribution in [2.45, 2.75) is 17.5 Å². The Morgan fingerprint density at radius 2 is 1.92 bits per heavy atom. The second-order valence-electron chi connectivity index (χ2n) is 5.05. The monoisotopic (exact) mass is 362 g/mol. The second-order valence-corrected chi connectivity index (χ2v) is 6.58. The molecule has 0 fully saturated rings. The number of primary amides is 1. The number of aryl methyl sites for hydroxylation is 1. The minimum absolute atomic E-state index is 0.0591. The predicted octanol–water partition coefficient (Wildman–Crippen LogP) is 0.781. The Labute approximate surface area is 135 Å². The van der Waals surface area contributed by atoms with Gasteiger partial charge in [0.25, 0.3) is 0 Å². The minimum Gasteiger partial charge on any atom is -0.369 e. The molecule has 0 unspecified atom stereocenters. The van der Waals surface area contributed by atoms with Gasteiger partial charge in [0, 0.05) is 12.6 Å². The number of alkyl halides is 3. The zero-order valence-electron chi connectivity index (χ0n) is 12.3. The maximum atomic E-state index is 12.8. The van der Waals surface area contributed by atoms with E-state index in [0.717, 1.165) is 16.8 Å². The van der Waals surface area contributed by atoms with E-state index in [0.29, 0.717) is 0 Å². The molecule has 0 spiro atoms. The van der Waals surface area contributed by atoms with E-state index in [4.69, 9.17) is 10.9 Å². The van der Waals surface area contributed by atoms with Crippen molar-refractivity contribution in [3.63, 3.8) is 0 Å². The topological polar surface area (TPSA) is 121 Å². The highest BCUT2D eigenvalue weighted by atomic mass is 32.2. The first-order chi connectivity index (χ1) is 10.9. The molecular formula is C13H13F3N4O3S. The molecule has 130 valence electrons. The summed E-state index contributed by atoms with van der Waals surface area (Å²) in [6.07, 6.45) is -4.91. The fourth-order valence-electron chi connectivity index (χ4n) is 2.18. The summed E-state index contributed by atoms with van der Waals surface area (Å²) in [4.78, 5) is 10.5. The van der Waals surface area contributed by atoms with Crippen LogP contribution in [0.4, 0.5) is 13.2 Å². The van der Waals surface area contributed by atoms with E-state index in [2.05, 4.69) is 5.10 Å². The van der Waals surface area contributed by atoms with Crippen LogP contribution in [0.25, 0.3) is 11.3 Å². The van der Waals surface area contributed by atoms with Gasteiger partial charge in [0.05, 0.1) is 17.0 Å². The Kier molecular flexibility index (Phi) is 4.42. The maximum Gasteiger partial charge on any atom is 0.435 e. The van der Waals surface area contributed by atoms with Crippen LogP contribution in [0, 0.1) is 0 Å². The van der Waals surface area contributed by atoms with Gasteiger partial charge in [0.1, 0.15) is 0 Å². The third-order valence-corrected chi connectivity index (χ3v) is 4.13. The summed E-state index contributed by atoms with van der Waals surface area (Å²) in [6, 6.07) is 4.47. The van der Waals surface area contributed by atoms with Crippen LogP contribution in [-0.4, -0.2) is 24.1 Å². The molecule has 0 saturated heterocycles. The summed E-state index contributed by atoms with van der Waals surface area (Å²) < 4.78 is 62.8. The molecule has 0 atom stereocenters. The van der Waals surface area contributed by atoms with Gasteiger partial charge in [-0.3, -0.25) is 9.48 Å². The minimum atomic E-state index is -4.68. The third-order valence-electron chi connectivity index (χ3n) is 3.18. The van der Waals surface area contributed by atoms with Gasteiger partial charge in [-0.2, -0.15) is 18.3 Å². The van der Waals surface area contributed by atoms with Crippen molar-refractivity contribution in [1.82, 2.24) is 9.78 Å². The SMILES string of the molecule is Cn1nc(C(F)(F)F)cc1-c1ccc(CC(N)=O)cc1S(N)(=O)=O. The number of carbonyl (C=O) groups excluding carboxylic acids is 1. The first kappa shape index (κ1) is 17.9. The number of nitrogens with zero attached hydrogens (tertiary/aromatic N) is 2. The number of aromatic nitrogens is 2. The van der Waals surface area contributed by atoms with Gasteiger partial charge in [-0.05, 0) is 17.7 Å². The second kappa shape index (κ2) is 5.91. The van der Waals surface area contributed by atoms with Crippen molar-refractivity contribution in [3.8, 4) is 11.3 Å². The van der Waals surface area contributed by atoms with Crippen molar-refractivity contribution in [1.29, 1.82) is 0 Å². The summed E-state index contributed by atoms with van der Waals surface area (Å²) in [5.74, 6) is -0.692. The molecule has 4 N–H and O–H groups in total. The quantitative estimate of drug-likeness (QED) is 0.835. The van der Waals surface area contributed by atoms with Gasteiger partial charge >= 0.3 is 6.18 Å². The van der Waals surface area contributed by atoms with E-state index < -0.39 is 32.7 Å². The van der Waals surface area contributed by atoms with Crippen molar-refractivity contribution < 1.29 is 26.4 Å². The highest BCUT2D eigenvalue weighted by Gasteiger charge is 2.35. The van der Waals surface area contributed by atoms with Crippen LogP contribution in [0.5, 0.6) is 0 Å². The molecule has 0 saturated carbocycles. The largest absolute Gasteiger partial charge is 0.435 e. The number of amides is 1. The number of benzene rings is 1. The number of halogens is 3. The highest BCUT2D eigenvalue weighted by molar-refractivity contribution is 7.89. The van der Waals surface area contributed by atoms with Crippen LogP contribution in [0.15, 0.2) is 29.2 Å². The first-order valence-corrected chi connectivity index (χ1v) is 8.00. The molecular weight excluding hydrogens is 349 g/mol. The molecule has 1 amide bonds. The normalized spacial score (nSPS) is 12.4. The molecule has 0 radical (unpaired) electrons. The summed E-state index contributed by atoms with van der Waals surface area (Å²) in [6.45, 7) is 0. The summed E-state index contributed by atoms with van der Waals surface area (Å²) >= 11 is 0. The number of sulfonamides is 1. The predicted molar refractivity (Wildman–Crippen MR) is 77.9 cm³/mol. The summed E-state index contributed by atoms with van der Waals surface area (Å²) in [5.41, 5.74) is 4.01. The fraction of sp³-hybridized carbons (Fsp3) is 0.231. The van der Waals surface area contributed by atoms with Crippen molar-refractivity contribution in [2.75, 3.05) is 0 Å². The van der Waals surface area contributed by atoms with Crippen LogP contribution < -0.4 is 10.9 Å². The lowest BCUT2D eigenvalue weighted by atomic mass is 10.1. The molecule has 1 heterocycles. The molecule has 1 aromatic carbocycles. The summed E-state index contributed by atoms with van der Waals surface area (Å²) in [7, 11) is -3.01. The number of nitrogens with two attached hydrogens (primary N) is 2. The fourth-order valence-corrected chi connectivity index (χ4v) is 2.98. The van der Waals surface area contributed by atoms with Gasteiger partial charge in [-0.25, -0.2) is 13.6 Å². The molecule has 11 heteroatoms. The van der Waals surface area contributed by atoms with Crippen molar-refractivity contribution >= 4 is 15.9 Å². The van der Waals surface area contributed by atoms with Crippen LogP contribution >= 0.6 is 0 Å². The lowest BCUT2D eigenvalue weighted by Crippen LogP contribution is -2.17. The molecule has 1 aromatic heterocycles. The maximum absolute atomic E-state index is 12.8. The molecule has 0 aliphatic rings. The van der Waals surface area contributed by atoms with Crippen LogP contribution in [-0.2, 0) is 34.5 Å². The Hall–Kier alpha value is -2.40. The van der Waals surface area contributed by atoms with E-state index in [1.807, 2.05) is 0 Å². The van der Waals surface area contributed by atoms with E-state index in [9.17, 15) is 26.4 Å². The van der Waals surface area contributed by atoms with E-state index in [1.165, 1.54) is 19.2 Å². The zero-order chi connectivity index (χ0) is 18.3. The molecule has 0 bridgehead atoms. The Morgan fingerprint density at radius 3 is 2.38 bits per heavy atom. The standard InChI is InChI=1S/C13H13F3N4O3S/c1-20-9(6-11(19-20)13(14,15)16)8-3-2-7(5-12(17)21)4-10(8)24(18,22)23/h2-4,6H,5H2,1H3,(H2,17,21)(H2,18,22,23). The number of carbonyl (C=O) groups is 1. The lowest BCUT2D eigenvalue weighted by molar-refractivity contribution is -0.141. The van der Waals surface area contributed by atoms with E-state index in [1.54, 1.807) is 0 Å². The Morgan fingerprint density at radius 1 is 1.29 bits per heavy atom. The number of primary sulfonamides is 1. The van der Waals surface area contributed by atoms with Gasteiger partial charge in [-0.1, -0.05) is 12.1 Å². The lowest BCUT2D eigenvalue weighted by Gasteiger charge is -2.10. The smallest absolute Gasteiger partial charge is 0.369 e. The molecule has 2 rings (SSSR count). The molecule has 0 aliphatic heterocycles. The van der Waals surface area contributed by atoms with Crippen LogP contribution in [0.2, 0.25) is 0 Å². The van der Waals surface area contributed by atoms with Crippen molar-refractivity contribution in [3.05, 3.63) is 35.5 Å². The van der Waals surface area contributed by atoms with Crippen LogP contribution in [0.1, 0.15) is 11.3 Å². The molecule has 7 nitrogen and oxygen atoms in total. The molecule has 2 aromatic rings. The van der Waals surface area contributed by atoms with Gasteiger partial charge in [-0.15, -0.1) is 0 Å². The van der Waals surface area contributed by atoms with E-state index in [-0.39, 0.29) is 23.2 Å². The molecule has 0 aliphatic carbocycles. The average Bonchev–Trinajstić information content (AvgIpc) is 2.79. The van der Waals surface area contributed by atoms with Crippen LogP contribution in [0.3, 0.4) is 0 Å². The molecule has 24 heavy (non-hydrogen) atoms. The third kappa shape index (κ3) is 3.74. The summed E-state index contributed by atoms with van der Waals surface area (Å²) in [5, 5.41) is 8.48. The highest BCUT2D eigenvalue weighted by Crippen LogP contribution is 2.33. The average molecular weight is 362 g/mol. The van der Waals surface area contributed by atoms with Gasteiger partial charge < -0.3 is 5.73 Å². The van der Waals surface area contributed by atoms with E-state index >= 15 is 0 Å². The Bertz CT molecular complexity index is 904. The van der Waals surface area contributed by atoms with Gasteiger partial charge in [0.2, 0.25) is 15.9 Å². The number of hydrogen-bond acceptors (Lipinski definition) is 4.